The van der Waals surface area contributed by atoms with Crippen LogP contribution in [0.25, 0.3) is 0 Å². The molecule has 0 aromatic heterocycles. The quantitative estimate of drug-likeness (QED) is 0.0195. The van der Waals surface area contributed by atoms with Crippen molar-refractivity contribution in [2.75, 3.05) is 47.5 Å². The van der Waals surface area contributed by atoms with Crippen LogP contribution in [0.5, 0.6) is 0 Å². The topological polar surface area (TPSA) is 111 Å². The van der Waals surface area contributed by atoms with Crippen molar-refractivity contribution >= 4 is 19.8 Å². The maximum atomic E-state index is 12.7. The van der Waals surface area contributed by atoms with Crippen molar-refractivity contribution in [3.8, 4) is 0 Å². The Morgan fingerprint density at radius 1 is 0.464 bits per heavy atom. The van der Waals surface area contributed by atoms with Gasteiger partial charge in [-0.15, -0.1) is 0 Å². The van der Waals surface area contributed by atoms with Gasteiger partial charge in [-0.2, -0.15) is 0 Å². The number of unbranched alkanes of at least 4 members (excludes halogenated alkanes) is 13. The highest BCUT2D eigenvalue weighted by molar-refractivity contribution is 7.45. The summed E-state index contributed by atoms with van der Waals surface area (Å²) in [6.45, 7) is 4.00. The van der Waals surface area contributed by atoms with Gasteiger partial charge in [0.1, 0.15) is 19.8 Å². The molecule has 0 radical (unpaired) electrons. The molecular formula is C59H98NO8P. The van der Waals surface area contributed by atoms with E-state index in [1.807, 2.05) is 21.1 Å². The molecule has 10 heteroatoms. The van der Waals surface area contributed by atoms with E-state index >= 15 is 0 Å². The second-order valence-corrected chi connectivity index (χ2v) is 19.9. The molecule has 0 bridgehead atoms. The van der Waals surface area contributed by atoms with Crippen LogP contribution in [0.1, 0.15) is 187 Å². The molecule has 2 atom stereocenters. The lowest BCUT2D eigenvalue weighted by Gasteiger charge is -2.28. The second kappa shape index (κ2) is 49.4. The molecule has 0 aliphatic heterocycles. The largest absolute Gasteiger partial charge is 0.756 e. The van der Waals surface area contributed by atoms with Gasteiger partial charge in [0.2, 0.25) is 0 Å². The Morgan fingerprint density at radius 2 is 0.826 bits per heavy atom. The minimum absolute atomic E-state index is 0.0407. The molecule has 9 nitrogen and oxygen atoms in total. The summed E-state index contributed by atoms with van der Waals surface area (Å²) in [6.07, 6.45) is 69.7. The van der Waals surface area contributed by atoms with E-state index in [1.165, 1.54) is 19.3 Å². The predicted octanol–water partition coefficient (Wildman–Crippen LogP) is 15.8. The lowest BCUT2D eigenvalue weighted by atomic mass is 10.1. The number of phosphoric acid groups is 1. The van der Waals surface area contributed by atoms with E-state index in [2.05, 4.69) is 135 Å². The van der Waals surface area contributed by atoms with E-state index in [1.54, 1.807) is 0 Å². The van der Waals surface area contributed by atoms with E-state index in [0.717, 1.165) is 128 Å². The number of esters is 2. The van der Waals surface area contributed by atoms with Crippen molar-refractivity contribution in [2.24, 2.45) is 0 Å². The van der Waals surface area contributed by atoms with Crippen LogP contribution in [-0.4, -0.2) is 70.0 Å². The van der Waals surface area contributed by atoms with Crippen molar-refractivity contribution in [1.29, 1.82) is 0 Å². The summed E-state index contributed by atoms with van der Waals surface area (Å²) in [7, 11) is 1.13. The van der Waals surface area contributed by atoms with Crippen molar-refractivity contribution in [2.45, 2.75) is 193 Å². The molecule has 0 aromatic carbocycles. The van der Waals surface area contributed by atoms with Gasteiger partial charge in [-0.3, -0.25) is 14.2 Å². The molecule has 0 spiro atoms. The Bertz CT molecular complexity index is 1580. The molecule has 2 unspecified atom stereocenters. The smallest absolute Gasteiger partial charge is 0.306 e. The molecule has 0 rings (SSSR count). The van der Waals surface area contributed by atoms with Crippen LogP contribution in [0.15, 0.2) is 122 Å². The van der Waals surface area contributed by atoms with Crippen LogP contribution in [0.4, 0.5) is 0 Å². The molecular weight excluding hydrogens is 882 g/mol. The van der Waals surface area contributed by atoms with Gasteiger partial charge in [-0.25, -0.2) is 0 Å². The van der Waals surface area contributed by atoms with Crippen LogP contribution in [0.3, 0.4) is 0 Å². The minimum Gasteiger partial charge on any atom is -0.756 e. The molecule has 392 valence electrons. The third-order valence-corrected chi connectivity index (χ3v) is 11.7. The third kappa shape index (κ3) is 53.6. The molecule has 0 aromatic rings. The van der Waals surface area contributed by atoms with Gasteiger partial charge in [-0.05, 0) is 103 Å². The van der Waals surface area contributed by atoms with Crippen molar-refractivity contribution in [3.05, 3.63) is 122 Å². The number of quaternary nitrogens is 1. The number of hydrogen-bond donors (Lipinski definition) is 0. The monoisotopic (exact) mass is 980 g/mol. The minimum atomic E-state index is -4.64. The third-order valence-electron chi connectivity index (χ3n) is 10.7. The lowest BCUT2D eigenvalue weighted by Crippen LogP contribution is -2.37. The first kappa shape index (κ1) is 65.4. The van der Waals surface area contributed by atoms with E-state index in [4.69, 9.17) is 18.5 Å². The van der Waals surface area contributed by atoms with Gasteiger partial charge in [0.15, 0.2) is 6.10 Å². The standard InChI is InChI=1S/C59H98NO8P/c1-6-8-10-12-14-16-18-19-20-21-22-23-24-25-26-27-28-29-30-31-32-33-34-35-36-37-38-39-40-41-42-44-46-48-50-52-59(62)68-57(56-67-69(63,64)66-54-53-60(3,4)5)55-65-58(61)51-49-47-45-43-17-15-13-11-9-7-2/h8,10-11,13-14,16,19-20,22-23,25-26,28-29,31-32,34-35,37-38,57H,6-7,9,12,15,17-18,21,24,27,30,33,36,39-56H2,1-5H3/b10-8-,13-11-,16-14-,20-19-,23-22-,26-25-,29-28-,32-31-,35-34-,38-37-. The number of ether oxygens (including phenoxy) is 2. The second-order valence-electron chi connectivity index (χ2n) is 18.5. The summed E-state index contributed by atoms with van der Waals surface area (Å²) in [6, 6.07) is 0. The normalized spacial score (nSPS) is 14.3. The zero-order valence-electron chi connectivity index (χ0n) is 44.2. The highest BCUT2D eigenvalue weighted by atomic mass is 31.2. The Kier molecular flexibility index (Phi) is 46.8. The summed E-state index contributed by atoms with van der Waals surface area (Å²) >= 11 is 0. The Balaban J connectivity index is 4.15. The molecule has 0 heterocycles. The van der Waals surface area contributed by atoms with Gasteiger partial charge in [0, 0.05) is 12.8 Å². The fourth-order valence-electron chi connectivity index (χ4n) is 6.59. The van der Waals surface area contributed by atoms with E-state index in [0.29, 0.717) is 23.9 Å². The van der Waals surface area contributed by atoms with E-state index in [-0.39, 0.29) is 26.1 Å². The number of hydrogen-bond acceptors (Lipinski definition) is 8. The van der Waals surface area contributed by atoms with Crippen molar-refractivity contribution in [3.63, 3.8) is 0 Å². The Morgan fingerprint density at radius 3 is 1.25 bits per heavy atom. The van der Waals surface area contributed by atoms with Gasteiger partial charge >= 0.3 is 11.9 Å². The maximum Gasteiger partial charge on any atom is 0.306 e. The first-order chi connectivity index (χ1) is 33.5. The number of likely N-dealkylation sites (N-methyl/N-ethyl adjacent to an activating group) is 1. The fourth-order valence-corrected chi connectivity index (χ4v) is 7.32. The van der Waals surface area contributed by atoms with Gasteiger partial charge in [-0.1, -0.05) is 193 Å². The fraction of sp³-hybridized carbons (Fsp3) is 0.627. The summed E-state index contributed by atoms with van der Waals surface area (Å²) in [5, 5.41) is 0. The molecule has 0 saturated heterocycles. The lowest BCUT2D eigenvalue weighted by molar-refractivity contribution is -0.870. The average Bonchev–Trinajstić information content (AvgIpc) is 3.31. The maximum absolute atomic E-state index is 12.7. The van der Waals surface area contributed by atoms with Crippen LogP contribution in [0, 0.1) is 0 Å². The van der Waals surface area contributed by atoms with Gasteiger partial charge in [0.25, 0.3) is 7.82 Å². The van der Waals surface area contributed by atoms with Crippen LogP contribution in [-0.2, 0) is 32.7 Å². The molecule has 0 saturated carbocycles. The molecule has 0 amide bonds. The number of rotatable bonds is 47. The Hall–Kier alpha value is -3.59. The summed E-state index contributed by atoms with van der Waals surface area (Å²) in [4.78, 5) is 37.6. The number of allylic oxidation sites excluding steroid dienone is 20. The molecule has 0 aliphatic rings. The molecule has 0 N–H and O–H groups in total. The van der Waals surface area contributed by atoms with Crippen LogP contribution in [0.2, 0.25) is 0 Å². The summed E-state index contributed by atoms with van der Waals surface area (Å²) in [5.41, 5.74) is 0. The zero-order valence-corrected chi connectivity index (χ0v) is 45.1. The zero-order chi connectivity index (χ0) is 50.6. The molecule has 0 fully saturated rings. The number of carbonyl (C=O) groups excluding carboxylic acids is 2. The predicted molar refractivity (Wildman–Crippen MR) is 291 cm³/mol. The van der Waals surface area contributed by atoms with E-state index < -0.39 is 32.5 Å². The highest BCUT2D eigenvalue weighted by Crippen LogP contribution is 2.38. The van der Waals surface area contributed by atoms with Crippen molar-refractivity contribution < 1.29 is 42.1 Å². The molecule has 0 aliphatic carbocycles. The summed E-state index contributed by atoms with van der Waals surface area (Å²) < 4.78 is 33.9. The number of phosphoric ester groups is 1. The Labute approximate surface area is 422 Å². The number of nitrogens with zero attached hydrogens (tertiary/aromatic N) is 1. The van der Waals surface area contributed by atoms with Gasteiger partial charge in [0.05, 0.1) is 27.7 Å². The van der Waals surface area contributed by atoms with E-state index in [9.17, 15) is 19.0 Å². The number of carbonyl (C=O) groups is 2. The highest BCUT2D eigenvalue weighted by Gasteiger charge is 2.21. The molecule has 69 heavy (non-hydrogen) atoms. The first-order valence-corrected chi connectivity index (χ1v) is 28.2. The average molecular weight is 980 g/mol. The SMILES string of the molecule is CC/C=C\C/C=C\C/C=C\C/C=C\C/C=C\C/C=C\C/C=C\C/C=C\C/C=C\CCCCCCCCCC(=O)OC(COC(=O)CCCCCCC/C=C\CCC)COP(=O)([O-])OCC[N+](C)(C)C. The summed E-state index contributed by atoms with van der Waals surface area (Å²) in [5.74, 6) is -0.870. The first-order valence-electron chi connectivity index (χ1n) is 26.7. The van der Waals surface area contributed by atoms with Crippen LogP contribution < -0.4 is 4.89 Å². The van der Waals surface area contributed by atoms with Gasteiger partial charge < -0.3 is 27.9 Å². The van der Waals surface area contributed by atoms with Crippen LogP contribution >= 0.6 is 7.82 Å². The van der Waals surface area contributed by atoms with Crippen molar-refractivity contribution in [1.82, 2.24) is 0 Å².